The van der Waals surface area contributed by atoms with Gasteiger partial charge in [0.1, 0.15) is 11.8 Å². The van der Waals surface area contributed by atoms with Crippen molar-refractivity contribution in [1.82, 2.24) is 0 Å². The lowest BCUT2D eigenvalue weighted by Crippen LogP contribution is -2.29. The highest BCUT2D eigenvalue weighted by Crippen LogP contribution is 2.33. The molecular formula is C20H19N3O3. The van der Waals surface area contributed by atoms with Gasteiger partial charge in [0.25, 0.3) is 5.69 Å². The van der Waals surface area contributed by atoms with E-state index < -0.39 is 4.92 Å². The molecule has 132 valence electrons. The number of nitrogens with zero attached hydrogens (tertiary/aromatic N) is 3. The molecule has 1 heterocycles. The maximum Gasteiger partial charge on any atom is 0.270 e. The van der Waals surface area contributed by atoms with Crippen LogP contribution in [0.3, 0.4) is 0 Å². The SMILES string of the molecule is CCOc1ccccc1C1=CCN(c2ccc([N+](=O)[O-])cc2C#N)CC1. The van der Waals surface area contributed by atoms with Gasteiger partial charge in [0.05, 0.1) is 22.8 Å². The highest BCUT2D eigenvalue weighted by molar-refractivity contribution is 5.74. The Kier molecular flexibility index (Phi) is 5.18. The van der Waals surface area contributed by atoms with Crippen LogP contribution in [0.15, 0.2) is 48.5 Å². The van der Waals surface area contributed by atoms with Crippen LogP contribution >= 0.6 is 0 Å². The highest BCUT2D eigenvalue weighted by atomic mass is 16.6. The number of hydrogen-bond donors (Lipinski definition) is 0. The minimum absolute atomic E-state index is 0.0656. The minimum Gasteiger partial charge on any atom is -0.493 e. The Labute approximate surface area is 152 Å². The van der Waals surface area contributed by atoms with Gasteiger partial charge in [-0.05, 0) is 31.1 Å². The van der Waals surface area contributed by atoms with E-state index in [0.717, 1.165) is 30.0 Å². The molecule has 1 aliphatic rings. The molecule has 0 aliphatic carbocycles. The lowest BCUT2D eigenvalue weighted by molar-refractivity contribution is -0.384. The molecule has 0 unspecified atom stereocenters. The van der Waals surface area contributed by atoms with Gasteiger partial charge in [0, 0.05) is 30.8 Å². The zero-order valence-electron chi connectivity index (χ0n) is 14.5. The summed E-state index contributed by atoms with van der Waals surface area (Å²) in [7, 11) is 0. The molecule has 26 heavy (non-hydrogen) atoms. The molecule has 0 radical (unpaired) electrons. The summed E-state index contributed by atoms with van der Waals surface area (Å²) in [6.07, 6.45) is 2.94. The first kappa shape index (κ1) is 17.5. The van der Waals surface area contributed by atoms with Crippen LogP contribution in [-0.2, 0) is 0 Å². The van der Waals surface area contributed by atoms with E-state index in [0.29, 0.717) is 18.7 Å². The molecule has 0 fully saturated rings. The third kappa shape index (κ3) is 3.52. The monoisotopic (exact) mass is 349 g/mol. The standard InChI is InChI=1S/C20H19N3O3/c1-2-26-20-6-4-3-5-18(20)15-9-11-22(12-10-15)19-8-7-17(23(24)25)13-16(19)14-21/h3-9,13H,2,10-12H2,1H3. The second kappa shape index (κ2) is 7.70. The topological polar surface area (TPSA) is 79.4 Å². The predicted octanol–water partition coefficient (Wildman–Crippen LogP) is 4.16. The lowest BCUT2D eigenvalue weighted by Gasteiger charge is -2.29. The second-order valence-corrected chi connectivity index (χ2v) is 5.92. The summed E-state index contributed by atoms with van der Waals surface area (Å²) >= 11 is 0. The van der Waals surface area contributed by atoms with E-state index in [-0.39, 0.29) is 5.69 Å². The van der Waals surface area contributed by atoms with Crippen molar-refractivity contribution < 1.29 is 9.66 Å². The van der Waals surface area contributed by atoms with E-state index in [1.165, 1.54) is 17.7 Å². The molecule has 0 aromatic heterocycles. The molecule has 3 rings (SSSR count). The molecule has 0 N–H and O–H groups in total. The quantitative estimate of drug-likeness (QED) is 0.598. The summed E-state index contributed by atoms with van der Waals surface area (Å²) in [6.45, 7) is 3.96. The number of anilines is 1. The molecule has 0 spiro atoms. The number of rotatable bonds is 5. The minimum atomic E-state index is -0.483. The molecule has 2 aromatic rings. The Hall–Kier alpha value is -3.33. The van der Waals surface area contributed by atoms with Crippen LogP contribution < -0.4 is 9.64 Å². The zero-order chi connectivity index (χ0) is 18.5. The molecular weight excluding hydrogens is 330 g/mol. The van der Waals surface area contributed by atoms with Crippen molar-refractivity contribution in [2.75, 3.05) is 24.6 Å². The van der Waals surface area contributed by atoms with Crippen molar-refractivity contribution in [1.29, 1.82) is 5.26 Å². The summed E-state index contributed by atoms with van der Waals surface area (Å²) in [6, 6.07) is 14.5. The van der Waals surface area contributed by atoms with Gasteiger partial charge in [-0.25, -0.2) is 0 Å². The van der Waals surface area contributed by atoms with Gasteiger partial charge in [0.2, 0.25) is 0 Å². The molecule has 0 amide bonds. The van der Waals surface area contributed by atoms with Gasteiger partial charge < -0.3 is 9.64 Å². The molecule has 0 bridgehead atoms. The smallest absolute Gasteiger partial charge is 0.270 e. The predicted molar refractivity (Wildman–Crippen MR) is 100 cm³/mol. The van der Waals surface area contributed by atoms with E-state index >= 15 is 0 Å². The fraction of sp³-hybridized carbons (Fsp3) is 0.250. The summed E-state index contributed by atoms with van der Waals surface area (Å²) in [5.41, 5.74) is 3.30. The van der Waals surface area contributed by atoms with Crippen LogP contribution in [0.5, 0.6) is 5.75 Å². The molecule has 0 saturated carbocycles. The molecule has 2 aromatic carbocycles. The lowest BCUT2D eigenvalue weighted by atomic mass is 9.98. The summed E-state index contributed by atoms with van der Waals surface area (Å²) in [5, 5.41) is 20.3. The summed E-state index contributed by atoms with van der Waals surface area (Å²) in [4.78, 5) is 12.5. The van der Waals surface area contributed by atoms with Crippen LogP contribution in [-0.4, -0.2) is 24.6 Å². The van der Waals surface area contributed by atoms with Crippen molar-refractivity contribution in [2.24, 2.45) is 0 Å². The van der Waals surface area contributed by atoms with E-state index in [9.17, 15) is 15.4 Å². The van der Waals surface area contributed by atoms with Crippen LogP contribution in [0.1, 0.15) is 24.5 Å². The summed E-state index contributed by atoms with van der Waals surface area (Å²) < 4.78 is 5.71. The van der Waals surface area contributed by atoms with Gasteiger partial charge in [-0.3, -0.25) is 10.1 Å². The van der Waals surface area contributed by atoms with E-state index in [1.54, 1.807) is 6.07 Å². The number of nitro benzene ring substituents is 1. The molecule has 0 atom stereocenters. The number of benzene rings is 2. The molecule has 6 nitrogen and oxygen atoms in total. The summed E-state index contributed by atoms with van der Waals surface area (Å²) in [5.74, 6) is 0.878. The van der Waals surface area contributed by atoms with Gasteiger partial charge >= 0.3 is 0 Å². The Morgan fingerprint density at radius 1 is 1.31 bits per heavy atom. The van der Waals surface area contributed by atoms with E-state index in [4.69, 9.17) is 4.74 Å². The number of non-ortho nitro benzene ring substituents is 1. The van der Waals surface area contributed by atoms with Crippen LogP contribution in [0.25, 0.3) is 5.57 Å². The second-order valence-electron chi connectivity index (χ2n) is 5.92. The van der Waals surface area contributed by atoms with Crippen molar-refractivity contribution >= 4 is 16.9 Å². The van der Waals surface area contributed by atoms with Crippen LogP contribution in [0.2, 0.25) is 0 Å². The average molecular weight is 349 g/mol. The van der Waals surface area contributed by atoms with Crippen LogP contribution in [0.4, 0.5) is 11.4 Å². The normalized spacial score (nSPS) is 13.7. The fourth-order valence-corrected chi connectivity index (χ4v) is 3.15. The van der Waals surface area contributed by atoms with Crippen molar-refractivity contribution in [2.45, 2.75) is 13.3 Å². The molecule has 6 heteroatoms. The van der Waals surface area contributed by atoms with Gasteiger partial charge in [0.15, 0.2) is 0 Å². The highest BCUT2D eigenvalue weighted by Gasteiger charge is 2.19. The Balaban J connectivity index is 1.84. The van der Waals surface area contributed by atoms with E-state index in [1.807, 2.05) is 25.1 Å². The van der Waals surface area contributed by atoms with Gasteiger partial charge in [-0.15, -0.1) is 0 Å². The Bertz CT molecular complexity index is 899. The van der Waals surface area contributed by atoms with Crippen molar-refractivity contribution in [3.05, 3.63) is 69.8 Å². The van der Waals surface area contributed by atoms with Crippen LogP contribution in [0, 0.1) is 21.4 Å². The fourth-order valence-electron chi connectivity index (χ4n) is 3.15. The maximum absolute atomic E-state index is 10.9. The average Bonchev–Trinajstić information content (AvgIpc) is 2.68. The molecule has 1 aliphatic heterocycles. The van der Waals surface area contributed by atoms with Gasteiger partial charge in [-0.2, -0.15) is 5.26 Å². The Morgan fingerprint density at radius 2 is 2.12 bits per heavy atom. The maximum atomic E-state index is 10.9. The van der Waals surface area contributed by atoms with Gasteiger partial charge in [-0.1, -0.05) is 24.3 Å². The van der Waals surface area contributed by atoms with E-state index in [2.05, 4.69) is 23.1 Å². The molecule has 0 saturated heterocycles. The Morgan fingerprint density at radius 3 is 2.77 bits per heavy atom. The third-order valence-electron chi connectivity index (χ3n) is 4.39. The third-order valence-corrected chi connectivity index (χ3v) is 4.39. The largest absolute Gasteiger partial charge is 0.493 e. The zero-order valence-corrected chi connectivity index (χ0v) is 14.5. The first-order valence-corrected chi connectivity index (χ1v) is 8.48. The first-order valence-electron chi connectivity index (χ1n) is 8.48. The number of ether oxygens (including phenoxy) is 1. The number of nitriles is 1. The number of para-hydroxylation sites is 1. The van der Waals surface area contributed by atoms with Crippen molar-refractivity contribution in [3.8, 4) is 11.8 Å². The number of hydrogen-bond acceptors (Lipinski definition) is 5. The van der Waals surface area contributed by atoms with Crippen molar-refractivity contribution in [3.63, 3.8) is 0 Å². The first-order chi connectivity index (χ1) is 12.6. The number of nitro groups is 1.